The maximum atomic E-state index is 12.2. The Kier molecular flexibility index (Phi) is 3.24. The lowest BCUT2D eigenvalue weighted by molar-refractivity contribution is 0.103. The number of nitrogens with zero attached hydrogens (tertiary/aromatic N) is 1. The number of aryl methyl sites for hydroxylation is 1. The van der Waals surface area contributed by atoms with Crippen LogP contribution in [0.5, 0.6) is 0 Å². The molecule has 4 heteroatoms. The minimum absolute atomic E-state index is 0.0864. The summed E-state index contributed by atoms with van der Waals surface area (Å²) in [5.74, 6) is -0.0864. The van der Waals surface area contributed by atoms with Crippen LogP contribution in [-0.4, -0.2) is 10.8 Å². The van der Waals surface area contributed by atoms with Crippen molar-refractivity contribution in [3.05, 3.63) is 57.8 Å². The number of nitrogens with two attached hydrogens (primary N) is 1. The quantitative estimate of drug-likeness (QED) is 0.683. The number of halogens is 1. The first-order chi connectivity index (χ1) is 8.08. The molecule has 0 saturated heterocycles. The van der Waals surface area contributed by atoms with Crippen molar-refractivity contribution in [2.45, 2.75) is 6.92 Å². The van der Waals surface area contributed by atoms with Gasteiger partial charge in [0.25, 0.3) is 0 Å². The van der Waals surface area contributed by atoms with Gasteiger partial charge < -0.3 is 5.73 Å². The molecule has 0 amide bonds. The Balaban J connectivity index is 2.43. The number of nitrogen functional groups attached to an aromatic ring is 1. The standard InChI is InChI=1S/C13H11BrN2O/c1-8-2-3-9(7-16-8)13(17)11-6-10(15)4-5-12(11)14/h2-7H,15H2,1H3. The Hall–Kier alpha value is -1.68. The summed E-state index contributed by atoms with van der Waals surface area (Å²) in [6, 6.07) is 8.75. The molecule has 3 nitrogen and oxygen atoms in total. The zero-order chi connectivity index (χ0) is 12.4. The minimum atomic E-state index is -0.0864. The van der Waals surface area contributed by atoms with Crippen LogP contribution >= 0.6 is 15.9 Å². The highest BCUT2D eigenvalue weighted by molar-refractivity contribution is 9.10. The van der Waals surface area contributed by atoms with E-state index in [1.54, 1.807) is 30.5 Å². The highest BCUT2D eigenvalue weighted by Gasteiger charge is 2.13. The molecule has 0 saturated carbocycles. The first kappa shape index (κ1) is 11.8. The Morgan fingerprint density at radius 3 is 2.71 bits per heavy atom. The van der Waals surface area contributed by atoms with Gasteiger partial charge in [-0.1, -0.05) is 15.9 Å². The molecule has 1 aromatic carbocycles. The first-order valence-electron chi connectivity index (χ1n) is 5.10. The Morgan fingerprint density at radius 2 is 2.06 bits per heavy atom. The molecule has 0 fully saturated rings. The monoisotopic (exact) mass is 290 g/mol. The third kappa shape index (κ3) is 2.53. The molecule has 0 aliphatic carbocycles. The van der Waals surface area contributed by atoms with E-state index in [1.165, 1.54) is 0 Å². The van der Waals surface area contributed by atoms with Crippen LogP contribution in [0.25, 0.3) is 0 Å². The minimum Gasteiger partial charge on any atom is -0.399 e. The van der Waals surface area contributed by atoms with Gasteiger partial charge in [-0.3, -0.25) is 9.78 Å². The van der Waals surface area contributed by atoms with E-state index in [0.29, 0.717) is 16.8 Å². The van der Waals surface area contributed by atoms with Gasteiger partial charge in [0, 0.05) is 33.2 Å². The van der Waals surface area contributed by atoms with Crippen molar-refractivity contribution >= 4 is 27.4 Å². The molecule has 2 rings (SSSR count). The second-order valence-corrected chi connectivity index (χ2v) is 4.61. The molecule has 1 aromatic heterocycles. The molecule has 86 valence electrons. The molecular weight excluding hydrogens is 280 g/mol. The molecule has 0 unspecified atom stereocenters. The predicted molar refractivity (Wildman–Crippen MR) is 71.0 cm³/mol. The van der Waals surface area contributed by atoms with Crippen LogP contribution in [0, 0.1) is 6.92 Å². The lowest BCUT2D eigenvalue weighted by Gasteiger charge is -2.05. The largest absolute Gasteiger partial charge is 0.399 e. The lowest BCUT2D eigenvalue weighted by Crippen LogP contribution is -2.04. The van der Waals surface area contributed by atoms with Crippen LogP contribution in [0.3, 0.4) is 0 Å². The van der Waals surface area contributed by atoms with Gasteiger partial charge in [0.15, 0.2) is 5.78 Å². The van der Waals surface area contributed by atoms with Gasteiger partial charge in [0.05, 0.1) is 0 Å². The van der Waals surface area contributed by atoms with E-state index in [2.05, 4.69) is 20.9 Å². The zero-order valence-electron chi connectivity index (χ0n) is 9.27. The van der Waals surface area contributed by atoms with Crippen molar-refractivity contribution in [2.75, 3.05) is 5.73 Å². The first-order valence-corrected chi connectivity index (χ1v) is 5.89. The third-order valence-electron chi connectivity index (χ3n) is 2.41. The lowest BCUT2D eigenvalue weighted by atomic mass is 10.0. The van der Waals surface area contributed by atoms with E-state index in [4.69, 9.17) is 5.73 Å². The molecule has 1 heterocycles. The molecule has 17 heavy (non-hydrogen) atoms. The van der Waals surface area contributed by atoms with E-state index >= 15 is 0 Å². The summed E-state index contributed by atoms with van der Waals surface area (Å²) in [6.45, 7) is 1.88. The highest BCUT2D eigenvalue weighted by atomic mass is 79.9. The van der Waals surface area contributed by atoms with Crippen molar-refractivity contribution in [1.82, 2.24) is 4.98 Å². The molecular formula is C13H11BrN2O. The summed E-state index contributed by atoms with van der Waals surface area (Å²) in [5.41, 5.74) is 8.24. The Labute approximate surface area is 108 Å². The molecule has 2 N–H and O–H groups in total. The van der Waals surface area contributed by atoms with Gasteiger partial charge in [-0.15, -0.1) is 0 Å². The normalized spacial score (nSPS) is 10.2. The van der Waals surface area contributed by atoms with Crippen LogP contribution in [0.4, 0.5) is 5.69 Å². The molecule has 0 aliphatic rings. The smallest absolute Gasteiger partial charge is 0.195 e. The maximum Gasteiger partial charge on any atom is 0.195 e. The van der Waals surface area contributed by atoms with E-state index < -0.39 is 0 Å². The van der Waals surface area contributed by atoms with E-state index in [-0.39, 0.29) is 5.78 Å². The van der Waals surface area contributed by atoms with Crippen molar-refractivity contribution in [2.24, 2.45) is 0 Å². The number of aromatic nitrogens is 1. The number of hydrogen-bond acceptors (Lipinski definition) is 3. The van der Waals surface area contributed by atoms with Crippen LogP contribution in [-0.2, 0) is 0 Å². The maximum absolute atomic E-state index is 12.2. The van der Waals surface area contributed by atoms with Gasteiger partial charge in [0.2, 0.25) is 0 Å². The fraction of sp³-hybridized carbons (Fsp3) is 0.0769. The molecule has 0 aliphatic heterocycles. The number of rotatable bonds is 2. The second-order valence-electron chi connectivity index (χ2n) is 3.76. The predicted octanol–water partition coefficient (Wildman–Crippen LogP) is 2.97. The summed E-state index contributed by atoms with van der Waals surface area (Å²) < 4.78 is 0.734. The summed E-state index contributed by atoms with van der Waals surface area (Å²) >= 11 is 3.35. The van der Waals surface area contributed by atoms with Gasteiger partial charge in [0.1, 0.15) is 0 Å². The summed E-state index contributed by atoms with van der Waals surface area (Å²) in [6.07, 6.45) is 1.58. The third-order valence-corrected chi connectivity index (χ3v) is 3.10. The van der Waals surface area contributed by atoms with Crippen LogP contribution in [0.2, 0.25) is 0 Å². The summed E-state index contributed by atoms with van der Waals surface area (Å²) in [4.78, 5) is 16.3. The van der Waals surface area contributed by atoms with E-state index in [0.717, 1.165) is 10.2 Å². The topological polar surface area (TPSA) is 56.0 Å². The van der Waals surface area contributed by atoms with E-state index in [1.807, 2.05) is 13.0 Å². The molecule has 0 radical (unpaired) electrons. The van der Waals surface area contributed by atoms with Crippen LogP contribution < -0.4 is 5.73 Å². The molecule has 0 spiro atoms. The van der Waals surface area contributed by atoms with Crippen molar-refractivity contribution < 1.29 is 4.79 Å². The number of anilines is 1. The van der Waals surface area contributed by atoms with Crippen LogP contribution in [0.1, 0.15) is 21.6 Å². The van der Waals surface area contributed by atoms with Crippen LogP contribution in [0.15, 0.2) is 41.0 Å². The number of carbonyl (C=O) groups excluding carboxylic acids is 1. The molecule has 0 atom stereocenters. The Bertz CT molecular complexity index is 564. The molecule has 2 aromatic rings. The molecule has 0 bridgehead atoms. The number of ketones is 1. The summed E-state index contributed by atoms with van der Waals surface area (Å²) in [5, 5.41) is 0. The number of benzene rings is 1. The SMILES string of the molecule is Cc1ccc(C(=O)c2cc(N)ccc2Br)cn1. The van der Waals surface area contributed by atoms with Crippen molar-refractivity contribution in [3.63, 3.8) is 0 Å². The average Bonchev–Trinajstić information content (AvgIpc) is 2.32. The van der Waals surface area contributed by atoms with Gasteiger partial charge in [-0.25, -0.2) is 0 Å². The van der Waals surface area contributed by atoms with E-state index in [9.17, 15) is 4.79 Å². The highest BCUT2D eigenvalue weighted by Crippen LogP contribution is 2.22. The number of pyridine rings is 1. The van der Waals surface area contributed by atoms with Gasteiger partial charge in [-0.05, 0) is 37.3 Å². The summed E-state index contributed by atoms with van der Waals surface area (Å²) in [7, 11) is 0. The zero-order valence-corrected chi connectivity index (χ0v) is 10.9. The van der Waals surface area contributed by atoms with Gasteiger partial charge in [-0.2, -0.15) is 0 Å². The number of carbonyl (C=O) groups is 1. The fourth-order valence-electron chi connectivity index (χ4n) is 1.47. The second kappa shape index (κ2) is 4.67. The van der Waals surface area contributed by atoms with Gasteiger partial charge >= 0.3 is 0 Å². The average molecular weight is 291 g/mol. The van der Waals surface area contributed by atoms with Crippen molar-refractivity contribution in [1.29, 1.82) is 0 Å². The van der Waals surface area contributed by atoms with Crippen molar-refractivity contribution in [3.8, 4) is 0 Å². The fourth-order valence-corrected chi connectivity index (χ4v) is 1.90. The number of hydrogen-bond donors (Lipinski definition) is 1. The Morgan fingerprint density at radius 1 is 1.29 bits per heavy atom.